The molecular weight excluding hydrogens is 428 g/mol. The number of carbonyl (C=O) groups excluding carboxylic acids is 1. The van der Waals surface area contributed by atoms with Gasteiger partial charge in [-0.05, 0) is 6.92 Å². The minimum atomic E-state index is -3.67. The minimum absolute atomic E-state index is 0.111. The average Bonchev–Trinajstić information content (AvgIpc) is 3.37. The quantitative estimate of drug-likeness (QED) is 0.610. The molecule has 0 radical (unpaired) electrons. The molecule has 1 amide bonds. The smallest absolute Gasteiger partial charge is 0.254 e. The van der Waals surface area contributed by atoms with Crippen LogP contribution in [0.1, 0.15) is 12.7 Å². The number of carbonyl (C=O) groups is 1. The number of rotatable bonds is 5. The summed E-state index contributed by atoms with van der Waals surface area (Å²) >= 11 is 0.945. The summed E-state index contributed by atoms with van der Waals surface area (Å²) in [6.45, 7) is 4.87. The Labute approximate surface area is 177 Å². The minimum Gasteiger partial charge on any atom is -0.354 e. The lowest BCUT2D eigenvalue weighted by molar-refractivity contribution is -0.114. The van der Waals surface area contributed by atoms with E-state index in [-0.39, 0.29) is 15.2 Å². The number of anilines is 2. The molecule has 0 saturated carbocycles. The van der Waals surface area contributed by atoms with Gasteiger partial charge in [0, 0.05) is 51.6 Å². The first-order valence-electron chi connectivity index (χ1n) is 9.15. The molecule has 4 heterocycles. The summed E-state index contributed by atoms with van der Waals surface area (Å²) in [6, 6.07) is 1.86. The second-order valence-electron chi connectivity index (χ2n) is 6.64. The summed E-state index contributed by atoms with van der Waals surface area (Å²) in [7, 11) is -3.67. The number of aryl methyl sites for hydroxylation is 1. The van der Waals surface area contributed by atoms with Crippen LogP contribution in [0.2, 0.25) is 0 Å². The van der Waals surface area contributed by atoms with Crippen molar-refractivity contribution in [1.29, 1.82) is 0 Å². The number of thiazole rings is 1. The van der Waals surface area contributed by atoms with Crippen LogP contribution in [-0.2, 0) is 14.8 Å². The molecule has 4 rings (SSSR count). The highest BCUT2D eigenvalue weighted by Gasteiger charge is 2.31. The van der Waals surface area contributed by atoms with Crippen molar-refractivity contribution in [2.45, 2.75) is 18.1 Å². The number of aromatic nitrogens is 5. The Bertz CT molecular complexity index is 1170. The molecule has 0 aliphatic carbocycles. The van der Waals surface area contributed by atoms with Crippen LogP contribution >= 0.6 is 11.3 Å². The molecular formula is C17H20N8O3S2. The standard InChI is InChI=1S/C17H20N8O3S2/c1-12-18-3-4-25(12)15-9-14(20-11-21-15)23-5-7-24(8-6-23)30(27,28)16-10-19-17(29-16)22-13(2)26/h3-4,9-11H,5-8H2,1-2H3,(H,19,22,26). The van der Waals surface area contributed by atoms with E-state index in [0.717, 1.165) is 23.0 Å². The molecule has 1 fully saturated rings. The predicted molar refractivity (Wildman–Crippen MR) is 111 cm³/mol. The fraction of sp³-hybridized carbons (Fsp3) is 0.353. The molecule has 3 aromatic heterocycles. The van der Waals surface area contributed by atoms with Crippen molar-refractivity contribution in [1.82, 2.24) is 28.8 Å². The normalized spacial score (nSPS) is 15.3. The number of nitrogens with one attached hydrogen (secondary N) is 1. The lowest BCUT2D eigenvalue weighted by Crippen LogP contribution is -2.48. The Balaban J connectivity index is 1.46. The van der Waals surface area contributed by atoms with Crippen LogP contribution in [0, 0.1) is 6.92 Å². The topological polar surface area (TPSA) is 126 Å². The Kier molecular flexibility index (Phi) is 5.49. The SMILES string of the molecule is CC(=O)Nc1ncc(S(=O)(=O)N2CCN(c3cc(-n4ccnc4C)ncn3)CC2)s1. The van der Waals surface area contributed by atoms with Gasteiger partial charge in [-0.15, -0.1) is 0 Å². The number of amides is 1. The first-order valence-corrected chi connectivity index (χ1v) is 11.4. The Morgan fingerprint density at radius 2 is 1.83 bits per heavy atom. The Morgan fingerprint density at radius 3 is 2.50 bits per heavy atom. The number of imidazole rings is 1. The van der Waals surface area contributed by atoms with E-state index in [0.29, 0.717) is 32.0 Å². The summed E-state index contributed by atoms with van der Waals surface area (Å²) in [4.78, 5) is 30.0. The van der Waals surface area contributed by atoms with Gasteiger partial charge in [0.1, 0.15) is 23.8 Å². The Morgan fingerprint density at radius 1 is 1.10 bits per heavy atom. The molecule has 0 atom stereocenters. The predicted octanol–water partition coefficient (Wildman–Crippen LogP) is 0.897. The van der Waals surface area contributed by atoms with E-state index in [1.54, 1.807) is 6.20 Å². The molecule has 0 unspecified atom stereocenters. The maximum absolute atomic E-state index is 12.9. The third kappa shape index (κ3) is 4.04. The molecule has 1 aliphatic heterocycles. The van der Waals surface area contributed by atoms with E-state index >= 15 is 0 Å². The zero-order valence-corrected chi connectivity index (χ0v) is 18.0. The summed E-state index contributed by atoms with van der Waals surface area (Å²) < 4.78 is 29.2. The molecule has 0 bridgehead atoms. The first-order chi connectivity index (χ1) is 14.3. The molecule has 1 N–H and O–H groups in total. The largest absolute Gasteiger partial charge is 0.354 e. The Hall–Kier alpha value is -2.90. The maximum Gasteiger partial charge on any atom is 0.254 e. The van der Waals surface area contributed by atoms with Crippen molar-refractivity contribution < 1.29 is 13.2 Å². The van der Waals surface area contributed by atoms with Gasteiger partial charge in [-0.25, -0.2) is 28.4 Å². The monoisotopic (exact) mass is 448 g/mol. The lowest BCUT2D eigenvalue weighted by atomic mass is 10.3. The zero-order chi connectivity index (χ0) is 21.3. The van der Waals surface area contributed by atoms with Crippen LogP contribution in [0.4, 0.5) is 10.9 Å². The molecule has 11 nitrogen and oxygen atoms in total. The number of piperazine rings is 1. The van der Waals surface area contributed by atoms with Gasteiger partial charge in [0.15, 0.2) is 9.34 Å². The second kappa shape index (κ2) is 8.08. The van der Waals surface area contributed by atoms with Gasteiger partial charge in [0.2, 0.25) is 5.91 Å². The summed E-state index contributed by atoms with van der Waals surface area (Å²) in [5, 5.41) is 2.77. The first kappa shape index (κ1) is 20.4. The molecule has 13 heteroatoms. The van der Waals surface area contributed by atoms with E-state index in [1.807, 2.05) is 28.7 Å². The van der Waals surface area contributed by atoms with E-state index in [4.69, 9.17) is 0 Å². The van der Waals surface area contributed by atoms with Gasteiger partial charge in [-0.2, -0.15) is 4.31 Å². The summed E-state index contributed by atoms with van der Waals surface area (Å²) in [5.41, 5.74) is 0. The van der Waals surface area contributed by atoms with E-state index in [9.17, 15) is 13.2 Å². The van der Waals surface area contributed by atoms with Gasteiger partial charge in [0.05, 0.1) is 6.20 Å². The number of nitrogens with zero attached hydrogens (tertiary/aromatic N) is 7. The number of hydrogen-bond donors (Lipinski definition) is 1. The summed E-state index contributed by atoms with van der Waals surface area (Å²) in [6.07, 6.45) is 6.31. The average molecular weight is 449 g/mol. The van der Waals surface area contributed by atoms with E-state index in [1.165, 1.54) is 23.8 Å². The third-order valence-electron chi connectivity index (χ3n) is 4.64. The van der Waals surface area contributed by atoms with E-state index < -0.39 is 10.0 Å². The molecule has 3 aromatic rings. The maximum atomic E-state index is 12.9. The molecule has 158 valence electrons. The van der Waals surface area contributed by atoms with Crippen LogP contribution < -0.4 is 10.2 Å². The van der Waals surface area contributed by atoms with Crippen molar-refractivity contribution >= 4 is 38.2 Å². The van der Waals surface area contributed by atoms with Gasteiger partial charge < -0.3 is 10.2 Å². The van der Waals surface area contributed by atoms with Crippen LogP contribution in [0.5, 0.6) is 0 Å². The lowest BCUT2D eigenvalue weighted by Gasteiger charge is -2.34. The van der Waals surface area contributed by atoms with Crippen LogP contribution in [0.15, 0.2) is 35.2 Å². The molecule has 0 aromatic carbocycles. The number of sulfonamides is 1. The van der Waals surface area contributed by atoms with Gasteiger partial charge in [0.25, 0.3) is 10.0 Å². The highest BCUT2D eigenvalue weighted by molar-refractivity contribution is 7.91. The van der Waals surface area contributed by atoms with Crippen molar-refractivity contribution in [3.63, 3.8) is 0 Å². The molecule has 30 heavy (non-hydrogen) atoms. The van der Waals surface area contributed by atoms with Gasteiger partial charge >= 0.3 is 0 Å². The fourth-order valence-corrected chi connectivity index (χ4v) is 5.79. The number of hydrogen-bond acceptors (Lipinski definition) is 9. The highest BCUT2D eigenvalue weighted by atomic mass is 32.2. The van der Waals surface area contributed by atoms with Gasteiger partial charge in [-0.3, -0.25) is 9.36 Å². The second-order valence-corrected chi connectivity index (χ2v) is 9.83. The van der Waals surface area contributed by atoms with Crippen molar-refractivity contribution in [2.24, 2.45) is 0 Å². The fourth-order valence-electron chi connectivity index (χ4n) is 3.13. The zero-order valence-electron chi connectivity index (χ0n) is 16.4. The van der Waals surface area contributed by atoms with Crippen molar-refractivity contribution in [2.75, 3.05) is 36.4 Å². The van der Waals surface area contributed by atoms with Gasteiger partial charge in [-0.1, -0.05) is 11.3 Å². The summed E-state index contributed by atoms with van der Waals surface area (Å²) in [5.74, 6) is 1.96. The highest BCUT2D eigenvalue weighted by Crippen LogP contribution is 2.27. The van der Waals surface area contributed by atoms with E-state index in [2.05, 4.69) is 25.3 Å². The third-order valence-corrected chi connectivity index (χ3v) is 7.88. The molecule has 0 spiro atoms. The van der Waals surface area contributed by atoms with Crippen LogP contribution in [0.25, 0.3) is 5.82 Å². The molecule has 1 saturated heterocycles. The molecule has 1 aliphatic rings. The van der Waals surface area contributed by atoms with Crippen molar-refractivity contribution in [3.8, 4) is 5.82 Å². The van der Waals surface area contributed by atoms with Crippen LogP contribution in [-0.4, -0.2) is 69.3 Å². The van der Waals surface area contributed by atoms with Crippen molar-refractivity contribution in [3.05, 3.63) is 36.8 Å². The van der Waals surface area contributed by atoms with Crippen LogP contribution in [0.3, 0.4) is 0 Å².